The second-order valence-corrected chi connectivity index (χ2v) is 5.22. The van der Waals surface area contributed by atoms with Crippen molar-refractivity contribution in [3.8, 4) is 5.75 Å². The Bertz CT molecular complexity index is 398. The van der Waals surface area contributed by atoms with Crippen LogP contribution in [-0.2, 0) is 6.42 Å². The van der Waals surface area contributed by atoms with Gasteiger partial charge in [0.05, 0.1) is 6.61 Å². The van der Waals surface area contributed by atoms with Gasteiger partial charge in [-0.15, -0.1) is 0 Å². The van der Waals surface area contributed by atoms with E-state index in [1.165, 1.54) is 36.1 Å². The zero-order valence-corrected chi connectivity index (χ0v) is 10.5. The first-order valence-electron chi connectivity index (χ1n) is 6.86. The summed E-state index contributed by atoms with van der Waals surface area (Å²) >= 11 is 0. The van der Waals surface area contributed by atoms with Gasteiger partial charge >= 0.3 is 0 Å². The molecule has 0 saturated heterocycles. The Morgan fingerprint density at radius 3 is 3.06 bits per heavy atom. The number of para-hydroxylation sites is 1. The minimum atomic E-state index is 0.487. The second-order valence-electron chi connectivity index (χ2n) is 5.22. The molecule has 1 atom stereocenters. The van der Waals surface area contributed by atoms with Crippen molar-refractivity contribution in [2.24, 2.45) is 5.92 Å². The third kappa shape index (κ3) is 2.32. The molecule has 2 nitrogen and oxygen atoms in total. The monoisotopic (exact) mass is 231 g/mol. The summed E-state index contributed by atoms with van der Waals surface area (Å²) in [4.78, 5) is 0. The van der Waals surface area contributed by atoms with Gasteiger partial charge in [-0.1, -0.05) is 38.0 Å². The average molecular weight is 231 g/mol. The summed E-state index contributed by atoms with van der Waals surface area (Å²) < 4.78 is 5.82. The summed E-state index contributed by atoms with van der Waals surface area (Å²) in [6, 6.07) is 7.10. The van der Waals surface area contributed by atoms with E-state index in [2.05, 4.69) is 30.4 Å². The molecule has 1 N–H and O–H groups in total. The first kappa shape index (κ1) is 11.1. The standard InChI is InChI=1S/C15H21NO/c1-2-16-14(10-11-6-7-11)13-5-3-4-12-8-9-17-15(12)13/h3-5,11,14,16H,2,6-10H2,1H3. The Morgan fingerprint density at radius 1 is 1.41 bits per heavy atom. The maximum absolute atomic E-state index is 5.82. The van der Waals surface area contributed by atoms with E-state index >= 15 is 0 Å². The van der Waals surface area contributed by atoms with E-state index in [0.29, 0.717) is 6.04 Å². The van der Waals surface area contributed by atoms with Crippen molar-refractivity contribution in [2.45, 2.75) is 38.6 Å². The van der Waals surface area contributed by atoms with Gasteiger partial charge < -0.3 is 10.1 Å². The van der Waals surface area contributed by atoms with Gasteiger partial charge in [0.15, 0.2) is 0 Å². The third-order valence-electron chi connectivity index (χ3n) is 3.84. The van der Waals surface area contributed by atoms with Crippen molar-refractivity contribution in [1.29, 1.82) is 0 Å². The number of rotatable bonds is 5. The van der Waals surface area contributed by atoms with Gasteiger partial charge in [0.1, 0.15) is 5.75 Å². The summed E-state index contributed by atoms with van der Waals surface area (Å²) in [6.45, 7) is 4.07. The van der Waals surface area contributed by atoms with Gasteiger partial charge in [-0.3, -0.25) is 0 Å². The molecule has 0 spiro atoms. The lowest BCUT2D eigenvalue weighted by molar-refractivity contribution is 0.346. The van der Waals surface area contributed by atoms with Crippen molar-refractivity contribution in [3.63, 3.8) is 0 Å². The van der Waals surface area contributed by atoms with Crippen LogP contribution in [-0.4, -0.2) is 13.2 Å². The van der Waals surface area contributed by atoms with Gasteiger partial charge in [-0.05, 0) is 24.4 Å². The molecule has 3 rings (SSSR count). The normalized spacial score (nSPS) is 19.8. The Kier molecular flexibility index (Phi) is 3.06. The molecular formula is C15H21NO. The fraction of sp³-hybridized carbons (Fsp3) is 0.600. The van der Waals surface area contributed by atoms with Crippen molar-refractivity contribution in [2.75, 3.05) is 13.2 Å². The third-order valence-corrected chi connectivity index (χ3v) is 3.84. The topological polar surface area (TPSA) is 21.3 Å². The molecule has 1 saturated carbocycles. The van der Waals surface area contributed by atoms with Crippen LogP contribution >= 0.6 is 0 Å². The summed E-state index contributed by atoms with van der Waals surface area (Å²) in [6.07, 6.45) is 5.18. The highest BCUT2D eigenvalue weighted by Crippen LogP contribution is 2.41. The molecule has 0 bridgehead atoms. The van der Waals surface area contributed by atoms with Gasteiger partial charge in [0.25, 0.3) is 0 Å². The number of ether oxygens (including phenoxy) is 1. The van der Waals surface area contributed by atoms with Crippen LogP contribution in [0.2, 0.25) is 0 Å². The number of nitrogens with one attached hydrogen (secondary N) is 1. The predicted octanol–water partition coefficient (Wildman–Crippen LogP) is 3.07. The number of benzene rings is 1. The Morgan fingerprint density at radius 2 is 2.29 bits per heavy atom. The van der Waals surface area contributed by atoms with Gasteiger partial charge in [-0.2, -0.15) is 0 Å². The molecule has 0 amide bonds. The van der Waals surface area contributed by atoms with Crippen LogP contribution in [0.3, 0.4) is 0 Å². The summed E-state index contributed by atoms with van der Waals surface area (Å²) in [7, 11) is 0. The minimum absolute atomic E-state index is 0.487. The molecular weight excluding hydrogens is 210 g/mol. The lowest BCUT2D eigenvalue weighted by Gasteiger charge is -2.20. The highest BCUT2D eigenvalue weighted by atomic mass is 16.5. The molecule has 17 heavy (non-hydrogen) atoms. The van der Waals surface area contributed by atoms with Crippen molar-refractivity contribution in [3.05, 3.63) is 29.3 Å². The van der Waals surface area contributed by atoms with Crippen LogP contribution < -0.4 is 10.1 Å². The summed E-state index contributed by atoms with van der Waals surface area (Å²) in [5, 5.41) is 3.62. The van der Waals surface area contributed by atoms with Crippen LogP contribution in [0.1, 0.15) is 43.4 Å². The van der Waals surface area contributed by atoms with Crippen LogP contribution in [0.4, 0.5) is 0 Å². The van der Waals surface area contributed by atoms with E-state index in [4.69, 9.17) is 4.74 Å². The predicted molar refractivity (Wildman–Crippen MR) is 69.4 cm³/mol. The molecule has 0 radical (unpaired) electrons. The molecule has 1 heterocycles. The highest BCUT2D eigenvalue weighted by molar-refractivity contribution is 5.45. The van der Waals surface area contributed by atoms with Crippen molar-refractivity contribution >= 4 is 0 Å². The lowest BCUT2D eigenvalue weighted by atomic mass is 9.97. The molecule has 92 valence electrons. The maximum atomic E-state index is 5.82. The van der Waals surface area contributed by atoms with E-state index in [1.54, 1.807) is 0 Å². The largest absolute Gasteiger partial charge is 0.493 e. The molecule has 2 heteroatoms. The first-order valence-corrected chi connectivity index (χ1v) is 6.86. The van der Waals surface area contributed by atoms with E-state index in [1.807, 2.05) is 0 Å². The summed E-state index contributed by atoms with van der Waals surface area (Å²) in [5.74, 6) is 2.11. The second kappa shape index (κ2) is 4.69. The molecule has 1 fully saturated rings. The van der Waals surface area contributed by atoms with E-state index in [0.717, 1.165) is 25.5 Å². The van der Waals surface area contributed by atoms with Gasteiger partial charge in [0.2, 0.25) is 0 Å². The van der Waals surface area contributed by atoms with Crippen LogP contribution in [0.25, 0.3) is 0 Å². The average Bonchev–Trinajstić information content (AvgIpc) is 3.03. The fourth-order valence-corrected chi connectivity index (χ4v) is 2.77. The van der Waals surface area contributed by atoms with Crippen LogP contribution in [0.15, 0.2) is 18.2 Å². The van der Waals surface area contributed by atoms with Crippen LogP contribution in [0.5, 0.6) is 5.75 Å². The number of fused-ring (bicyclic) bond motifs is 1. The molecule has 1 aliphatic carbocycles. The molecule has 1 aliphatic heterocycles. The molecule has 2 aliphatic rings. The molecule has 1 aromatic carbocycles. The zero-order valence-electron chi connectivity index (χ0n) is 10.5. The van der Waals surface area contributed by atoms with Crippen molar-refractivity contribution < 1.29 is 4.74 Å². The zero-order chi connectivity index (χ0) is 11.7. The molecule has 0 aromatic heterocycles. The molecule has 1 unspecified atom stereocenters. The fourth-order valence-electron chi connectivity index (χ4n) is 2.77. The van der Waals surface area contributed by atoms with Crippen molar-refractivity contribution in [1.82, 2.24) is 5.32 Å². The number of hydrogen-bond donors (Lipinski definition) is 1. The minimum Gasteiger partial charge on any atom is -0.493 e. The lowest BCUT2D eigenvalue weighted by Crippen LogP contribution is -2.22. The summed E-state index contributed by atoms with van der Waals surface area (Å²) in [5.41, 5.74) is 2.77. The smallest absolute Gasteiger partial charge is 0.127 e. The Hall–Kier alpha value is -1.02. The maximum Gasteiger partial charge on any atom is 0.127 e. The van der Waals surface area contributed by atoms with E-state index in [-0.39, 0.29) is 0 Å². The Labute approximate surface area is 103 Å². The van der Waals surface area contributed by atoms with Crippen LogP contribution in [0, 0.1) is 5.92 Å². The first-order chi connectivity index (χ1) is 8.38. The SMILES string of the molecule is CCNC(CC1CC1)c1cccc2c1OCC2. The van der Waals surface area contributed by atoms with E-state index in [9.17, 15) is 0 Å². The van der Waals surface area contributed by atoms with Gasteiger partial charge in [0, 0.05) is 18.0 Å². The molecule has 1 aromatic rings. The number of hydrogen-bond acceptors (Lipinski definition) is 2. The Balaban J connectivity index is 1.86. The van der Waals surface area contributed by atoms with E-state index < -0.39 is 0 Å². The quantitative estimate of drug-likeness (QED) is 0.841. The highest BCUT2D eigenvalue weighted by Gasteiger charge is 2.28. The van der Waals surface area contributed by atoms with Gasteiger partial charge in [-0.25, -0.2) is 0 Å².